The molecule has 0 saturated carbocycles. The maximum Gasteiger partial charge on any atom is 0.507 e. The number of halogens is 4. The molecule has 160 valence electrons. The van der Waals surface area contributed by atoms with E-state index in [-0.39, 0.29) is 24.2 Å². The number of fused-ring (bicyclic) bond motifs is 1. The number of hydrogen-bond donors (Lipinski definition) is 0. The Morgan fingerprint density at radius 1 is 0.867 bits per heavy atom. The van der Waals surface area contributed by atoms with E-state index in [1.165, 1.54) is 0 Å². The lowest BCUT2D eigenvalue weighted by molar-refractivity contribution is -0.391. The molecule has 0 unspecified atom stereocenters. The SMILES string of the molecule is CN(C)Cc1ccccc1C(=O)CCC(=O)c1ccc2c(c1)OC(F)(F)C(F)(F)O2. The van der Waals surface area contributed by atoms with Crippen LogP contribution < -0.4 is 9.47 Å². The predicted octanol–water partition coefficient (Wildman–Crippen LogP) is 4.55. The molecule has 0 atom stereocenters. The first-order valence-corrected chi connectivity index (χ1v) is 9.07. The van der Waals surface area contributed by atoms with Gasteiger partial charge in [0.25, 0.3) is 0 Å². The van der Waals surface area contributed by atoms with Crippen molar-refractivity contribution in [3.8, 4) is 11.5 Å². The summed E-state index contributed by atoms with van der Waals surface area (Å²) in [5, 5.41) is 0. The van der Waals surface area contributed by atoms with Crippen LogP contribution in [0.25, 0.3) is 0 Å². The highest BCUT2D eigenvalue weighted by Gasteiger charge is 2.65. The number of alkyl halides is 4. The molecule has 0 N–H and O–H groups in total. The highest BCUT2D eigenvalue weighted by Crippen LogP contribution is 2.47. The van der Waals surface area contributed by atoms with Crippen LogP contribution in [0.3, 0.4) is 0 Å². The largest absolute Gasteiger partial charge is 0.507 e. The summed E-state index contributed by atoms with van der Waals surface area (Å²) < 4.78 is 61.1. The van der Waals surface area contributed by atoms with E-state index in [0.29, 0.717) is 12.1 Å². The first-order valence-electron chi connectivity index (χ1n) is 9.07. The molecule has 1 heterocycles. The Balaban J connectivity index is 1.70. The molecule has 0 aliphatic carbocycles. The molecule has 3 rings (SSSR count). The van der Waals surface area contributed by atoms with Crippen molar-refractivity contribution < 1.29 is 36.6 Å². The minimum atomic E-state index is -4.87. The molecule has 30 heavy (non-hydrogen) atoms. The summed E-state index contributed by atoms with van der Waals surface area (Å²) in [6, 6.07) is 10.1. The average molecular weight is 425 g/mol. The highest BCUT2D eigenvalue weighted by molar-refractivity contribution is 6.03. The third kappa shape index (κ3) is 4.46. The number of benzene rings is 2. The second-order valence-corrected chi connectivity index (χ2v) is 7.14. The van der Waals surface area contributed by atoms with Crippen LogP contribution in [-0.2, 0) is 6.54 Å². The van der Waals surface area contributed by atoms with Crippen molar-refractivity contribution in [2.75, 3.05) is 14.1 Å². The third-order valence-corrected chi connectivity index (χ3v) is 4.46. The van der Waals surface area contributed by atoms with E-state index >= 15 is 0 Å². The van der Waals surface area contributed by atoms with Crippen molar-refractivity contribution >= 4 is 11.6 Å². The minimum absolute atomic E-state index is 0.0484. The van der Waals surface area contributed by atoms with Gasteiger partial charge in [-0.05, 0) is 37.9 Å². The molecule has 0 radical (unpaired) electrons. The standard InChI is InChI=1S/C21H19F4NO4/c1-26(2)12-14-5-3-4-6-15(14)17(28)9-8-16(27)13-7-10-18-19(11-13)30-21(24,25)20(22,23)29-18/h3-7,10-11H,8-9,12H2,1-2H3. The van der Waals surface area contributed by atoms with Gasteiger partial charge in [-0.15, -0.1) is 0 Å². The van der Waals surface area contributed by atoms with Crippen LogP contribution in [0.4, 0.5) is 17.6 Å². The maximum atomic E-state index is 13.3. The molecule has 0 bridgehead atoms. The molecule has 0 saturated heterocycles. The summed E-state index contributed by atoms with van der Waals surface area (Å²) in [6.45, 7) is 0.552. The van der Waals surface area contributed by atoms with Crippen LogP contribution in [0.5, 0.6) is 11.5 Å². The molecule has 0 spiro atoms. The Morgan fingerprint density at radius 3 is 2.13 bits per heavy atom. The van der Waals surface area contributed by atoms with Crippen molar-refractivity contribution in [3.05, 3.63) is 59.2 Å². The molecule has 0 amide bonds. The van der Waals surface area contributed by atoms with Gasteiger partial charge in [0.1, 0.15) is 0 Å². The molecule has 0 fully saturated rings. The molecule has 2 aromatic rings. The molecule has 1 aliphatic heterocycles. The van der Waals surface area contributed by atoms with Gasteiger partial charge in [-0.3, -0.25) is 9.59 Å². The number of hydrogen-bond acceptors (Lipinski definition) is 5. The number of nitrogens with zero attached hydrogens (tertiary/aromatic N) is 1. The fourth-order valence-corrected chi connectivity index (χ4v) is 3.02. The summed E-state index contributed by atoms with van der Waals surface area (Å²) in [7, 11) is 3.73. The van der Waals surface area contributed by atoms with Crippen LogP contribution in [0.1, 0.15) is 39.1 Å². The normalized spacial score (nSPS) is 16.4. The zero-order chi connectivity index (χ0) is 22.1. The van der Waals surface area contributed by atoms with E-state index in [4.69, 9.17) is 0 Å². The summed E-state index contributed by atoms with van der Waals surface area (Å²) in [5.41, 5.74) is 1.28. The summed E-state index contributed by atoms with van der Waals surface area (Å²) in [5.74, 6) is -2.01. The van der Waals surface area contributed by atoms with Gasteiger partial charge in [-0.25, -0.2) is 0 Å². The Bertz CT molecular complexity index is 975. The van der Waals surface area contributed by atoms with Gasteiger partial charge in [-0.1, -0.05) is 24.3 Å². The van der Waals surface area contributed by atoms with E-state index in [2.05, 4.69) is 9.47 Å². The lowest BCUT2D eigenvalue weighted by Crippen LogP contribution is -2.52. The molecule has 0 aromatic heterocycles. The van der Waals surface area contributed by atoms with Crippen LogP contribution in [-0.4, -0.2) is 42.8 Å². The van der Waals surface area contributed by atoms with E-state index in [1.807, 2.05) is 31.1 Å². The number of ketones is 2. The summed E-state index contributed by atoms with van der Waals surface area (Å²) in [4.78, 5) is 26.9. The molecule has 2 aromatic carbocycles. The minimum Gasteiger partial charge on any atom is -0.421 e. The number of carbonyl (C=O) groups excluding carboxylic acids is 2. The van der Waals surface area contributed by atoms with Crippen molar-refractivity contribution in [1.29, 1.82) is 0 Å². The molecular weight excluding hydrogens is 406 g/mol. The smallest absolute Gasteiger partial charge is 0.421 e. The quantitative estimate of drug-likeness (QED) is 0.481. The van der Waals surface area contributed by atoms with Gasteiger partial charge in [0.15, 0.2) is 23.1 Å². The first-order chi connectivity index (χ1) is 14.0. The van der Waals surface area contributed by atoms with E-state index in [1.54, 1.807) is 12.1 Å². The van der Waals surface area contributed by atoms with Gasteiger partial charge < -0.3 is 14.4 Å². The summed E-state index contributed by atoms with van der Waals surface area (Å²) in [6.07, 6.45) is -9.96. The Hall–Kier alpha value is -2.94. The Morgan fingerprint density at radius 2 is 1.47 bits per heavy atom. The van der Waals surface area contributed by atoms with Crippen LogP contribution >= 0.6 is 0 Å². The van der Waals surface area contributed by atoms with Crippen LogP contribution in [0.15, 0.2) is 42.5 Å². The topological polar surface area (TPSA) is 55.8 Å². The Labute approximate surface area is 170 Å². The lowest BCUT2D eigenvalue weighted by Gasteiger charge is -2.31. The van der Waals surface area contributed by atoms with Gasteiger partial charge in [0.05, 0.1) is 0 Å². The molecular formula is C21H19F4NO4. The van der Waals surface area contributed by atoms with E-state index < -0.39 is 29.5 Å². The van der Waals surface area contributed by atoms with Gasteiger partial charge in [0, 0.05) is 30.5 Å². The maximum absolute atomic E-state index is 13.3. The predicted molar refractivity (Wildman–Crippen MR) is 99.3 cm³/mol. The average Bonchev–Trinajstić information content (AvgIpc) is 2.66. The van der Waals surface area contributed by atoms with Crippen molar-refractivity contribution in [2.45, 2.75) is 31.6 Å². The molecule has 5 nitrogen and oxygen atoms in total. The second-order valence-electron chi connectivity index (χ2n) is 7.14. The van der Waals surface area contributed by atoms with Crippen molar-refractivity contribution in [3.63, 3.8) is 0 Å². The zero-order valence-electron chi connectivity index (χ0n) is 16.3. The number of Topliss-reactive ketones (excluding diaryl/α,β-unsaturated/α-hetero) is 2. The Kier molecular flexibility index (Phi) is 5.85. The van der Waals surface area contributed by atoms with E-state index in [9.17, 15) is 27.2 Å². The lowest BCUT2D eigenvalue weighted by atomic mass is 9.97. The van der Waals surface area contributed by atoms with Crippen LogP contribution in [0.2, 0.25) is 0 Å². The second kappa shape index (κ2) is 8.06. The van der Waals surface area contributed by atoms with Crippen molar-refractivity contribution in [2.24, 2.45) is 0 Å². The number of rotatable bonds is 7. The highest BCUT2D eigenvalue weighted by atomic mass is 19.3. The number of ether oxygens (including phenoxy) is 2. The van der Waals surface area contributed by atoms with Gasteiger partial charge >= 0.3 is 12.2 Å². The monoisotopic (exact) mass is 425 g/mol. The fourth-order valence-electron chi connectivity index (χ4n) is 3.02. The molecule has 9 heteroatoms. The van der Waals surface area contributed by atoms with Gasteiger partial charge in [-0.2, -0.15) is 17.6 Å². The van der Waals surface area contributed by atoms with Crippen molar-refractivity contribution in [1.82, 2.24) is 4.90 Å². The summed E-state index contributed by atoms with van der Waals surface area (Å²) >= 11 is 0. The van der Waals surface area contributed by atoms with Crippen LogP contribution in [0, 0.1) is 0 Å². The fraction of sp³-hybridized carbons (Fsp3) is 0.333. The number of carbonyl (C=O) groups is 2. The van der Waals surface area contributed by atoms with Gasteiger partial charge in [0.2, 0.25) is 0 Å². The zero-order valence-corrected chi connectivity index (χ0v) is 16.3. The first kappa shape index (κ1) is 21.8. The third-order valence-electron chi connectivity index (χ3n) is 4.46. The van der Waals surface area contributed by atoms with E-state index in [0.717, 1.165) is 23.8 Å². The molecule has 1 aliphatic rings.